The Hall–Kier alpha value is -3.27. The monoisotopic (exact) mass is 570 g/mol. The number of aliphatic carboxylic acids is 2. The molecule has 1 amide bonds. The van der Waals surface area contributed by atoms with E-state index in [4.69, 9.17) is 19.8 Å². The Balaban J connectivity index is 0.000000301. The third-order valence-corrected chi connectivity index (χ3v) is 6.63. The van der Waals surface area contributed by atoms with Gasteiger partial charge in [0.2, 0.25) is 0 Å². The van der Waals surface area contributed by atoms with Gasteiger partial charge in [0.1, 0.15) is 5.01 Å². The highest BCUT2D eigenvalue weighted by Gasteiger charge is 2.41. The van der Waals surface area contributed by atoms with Gasteiger partial charge >= 0.3 is 24.3 Å². The van der Waals surface area contributed by atoms with Crippen LogP contribution in [-0.4, -0.2) is 86.4 Å². The van der Waals surface area contributed by atoms with E-state index >= 15 is 0 Å². The van der Waals surface area contributed by atoms with Crippen LogP contribution in [0.2, 0.25) is 0 Å². The number of alkyl halides is 6. The fourth-order valence-electron chi connectivity index (χ4n) is 3.95. The van der Waals surface area contributed by atoms with E-state index < -0.39 is 24.3 Å². The molecule has 1 spiro atoms. The van der Waals surface area contributed by atoms with Crippen molar-refractivity contribution in [3.63, 3.8) is 0 Å². The molecule has 0 aliphatic carbocycles. The Morgan fingerprint density at radius 3 is 1.95 bits per heavy atom. The molecular weight excluding hydrogens is 546 g/mol. The van der Waals surface area contributed by atoms with Gasteiger partial charge in [-0.3, -0.25) is 14.7 Å². The molecule has 0 aromatic carbocycles. The van der Waals surface area contributed by atoms with Crippen LogP contribution >= 0.6 is 11.3 Å². The number of hydrogen-bond acceptors (Lipinski definition) is 7. The van der Waals surface area contributed by atoms with Crippen molar-refractivity contribution in [3.05, 3.63) is 46.7 Å². The van der Waals surface area contributed by atoms with Crippen LogP contribution in [0.5, 0.6) is 0 Å². The molecule has 2 fully saturated rings. The zero-order valence-corrected chi connectivity index (χ0v) is 20.5. The van der Waals surface area contributed by atoms with Crippen LogP contribution in [0.4, 0.5) is 26.3 Å². The highest BCUT2D eigenvalue weighted by molar-refractivity contribution is 7.09. The molecule has 2 N–H and O–H groups in total. The van der Waals surface area contributed by atoms with Gasteiger partial charge in [0.15, 0.2) is 0 Å². The van der Waals surface area contributed by atoms with Crippen molar-refractivity contribution >= 4 is 29.2 Å². The van der Waals surface area contributed by atoms with E-state index in [0.29, 0.717) is 11.0 Å². The van der Waals surface area contributed by atoms with Crippen molar-refractivity contribution in [1.29, 1.82) is 0 Å². The van der Waals surface area contributed by atoms with Crippen LogP contribution in [0.15, 0.2) is 36.1 Å². The summed E-state index contributed by atoms with van der Waals surface area (Å²) >= 11 is 1.74. The number of amides is 1. The van der Waals surface area contributed by atoms with E-state index in [2.05, 4.69) is 14.9 Å². The summed E-state index contributed by atoms with van der Waals surface area (Å²) in [5.74, 6) is -5.39. The predicted octanol–water partition coefficient (Wildman–Crippen LogP) is 3.93. The highest BCUT2D eigenvalue weighted by Crippen LogP contribution is 2.41. The molecule has 4 heterocycles. The molecule has 2 aromatic rings. The zero-order valence-electron chi connectivity index (χ0n) is 19.7. The first-order chi connectivity index (χ1) is 17.6. The van der Waals surface area contributed by atoms with Crippen LogP contribution in [0.3, 0.4) is 0 Å². The number of piperidine rings is 1. The summed E-state index contributed by atoms with van der Waals surface area (Å²) in [7, 11) is 0. The number of aromatic nitrogens is 2. The van der Waals surface area contributed by atoms with Crippen LogP contribution in [0.1, 0.15) is 34.6 Å². The SMILES string of the molecule is O=C(O)C(F)(F)F.O=C(O)C(F)(F)F.O=C(c1cccnc1)N1CCC2(CCN(Cc3nccs3)C2)CC1. The van der Waals surface area contributed by atoms with E-state index in [1.54, 1.807) is 23.7 Å². The molecule has 2 aliphatic rings. The quantitative estimate of drug-likeness (QED) is 0.532. The van der Waals surface area contributed by atoms with Crippen molar-refractivity contribution in [2.75, 3.05) is 26.2 Å². The molecule has 16 heteroatoms. The van der Waals surface area contributed by atoms with Crippen LogP contribution in [0.25, 0.3) is 0 Å². The Morgan fingerprint density at radius 2 is 1.50 bits per heavy atom. The summed E-state index contributed by atoms with van der Waals surface area (Å²) in [5, 5.41) is 17.5. The molecule has 0 radical (unpaired) electrons. The normalized spacial score (nSPS) is 17.2. The number of carboxylic acids is 2. The Morgan fingerprint density at radius 1 is 0.947 bits per heavy atom. The number of hydrogen-bond donors (Lipinski definition) is 2. The molecule has 0 unspecified atom stereocenters. The fourth-order valence-corrected chi connectivity index (χ4v) is 4.61. The minimum absolute atomic E-state index is 0.121. The summed E-state index contributed by atoms with van der Waals surface area (Å²) in [5.41, 5.74) is 1.09. The minimum atomic E-state index is -5.08. The first-order valence-electron chi connectivity index (χ1n) is 11.0. The molecule has 0 bridgehead atoms. The van der Waals surface area contributed by atoms with Crippen molar-refractivity contribution in [2.45, 2.75) is 38.2 Å². The number of halogens is 6. The van der Waals surface area contributed by atoms with E-state index in [9.17, 15) is 31.1 Å². The van der Waals surface area contributed by atoms with Crippen molar-refractivity contribution in [2.24, 2.45) is 5.41 Å². The number of carbonyl (C=O) groups is 3. The highest BCUT2D eigenvalue weighted by atomic mass is 32.1. The van der Waals surface area contributed by atoms with Crippen molar-refractivity contribution in [1.82, 2.24) is 19.8 Å². The minimum Gasteiger partial charge on any atom is -0.475 e. The number of thiazole rings is 1. The Labute approximate surface area is 216 Å². The Bertz CT molecular complexity index is 1030. The van der Waals surface area contributed by atoms with Gasteiger partial charge in [-0.05, 0) is 43.4 Å². The third-order valence-electron chi connectivity index (χ3n) is 5.86. The van der Waals surface area contributed by atoms with Crippen LogP contribution in [-0.2, 0) is 16.1 Å². The van der Waals surface area contributed by atoms with Crippen LogP contribution < -0.4 is 0 Å². The predicted molar refractivity (Wildman–Crippen MR) is 121 cm³/mol. The number of nitrogens with zero attached hydrogens (tertiary/aromatic N) is 4. The number of carboxylic acid groups (broad SMARTS) is 2. The van der Waals surface area contributed by atoms with Gasteiger partial charge in [-0.15, -0.1) is 11.3 Å². The molecule has 38 heavy (non-hydrogen) atoms. The zero-order chi connectivity index (χ0) is 28.6. The van der Waals surface area contributed by atoms with Gasteiger partial charge in [0, 0.05) is 43.6 Å². The van der Waals surface area contributed by atoms with Crippen molar-refractivity contribution in [3.8, 4) is 0 Å². The topological polar surface area (TPSA) is 124 Å². The fraction of sp³-hybridized carbons (Fsp3) is 0.500. The van der Waals surface area contributed by atoms with Crippen molar-refractivity contribution < 1.29 is 50.9 Å². The smallest absolute Gasteiger partial charge is 0.475 e. The summed E-state index contributed by atoms with van der Waals surface area (Å²) in [6.07, 6.45) is -1.46. The summed E-state index contributed by atoms with van der Waals surface area (Å²) in [6, 6.07) is 3.68. The maximum atomic E-state index is 12.5. The lowest BCUT2D eigenvalue weighted by molar-refractivity contribution is -0.193. The van der Waals surface area contributed by atoms with E-state index in [0.717, 1.165) is 45.6 Å². The average Bonchev–Trinajstić information content (AvgIpc) is 3.50. The molecule has 2 aromatic heterocycles. The lowest BCUT2D eigenvalue weighted by Gasteiger charge is -2.39. The summed E-state index contributed by atoms with van der Waals surface area (Å²) in [6.45, 7) is 4.98. The standard InChI is InChI=1S/C18H22N4OS.2C2HF3O2/c23-17(15-2-1-6-19-12-15)22-9-4-18(5-10-22)3-8-21(14-18)13-16-20-7-11-24-16;2*3-2(4,5)1(6)7/h1-2,6-7,11-12H,3-5,8-10,13-14H2;2*(H,6,7). The second-order valence-electron chi connectivity index (χ2n) is 8.53. The number of carbonyl (C=O) groups excluding carboxylic acids is 1. The lowest BCUT2D eigenvalue weighted by atomic mass is 9.77. The number of pyridine rings is 1. The van der Waals surface area contributed by atoms with E-state index in [-0.39, 0.29) is 5.91 Å². The molecule has 4 rings (SSSR count). The molecule has 9 nitrogen and oxygen atoms in total. The van der Waals surface area contributed by atoms with Gasteiger partial charge in [-0.25, -0.2) is 14.6 Å². The summed E-state index contributed by atoms with van der Waals surface area (Å²) < 4.78 is 63.5. The number of rotatable bonds is 3. The van der Waals surface area contributed by atoms with E-state index in [1.165, 1.54) is 11.4 Å². The Kier molecular flexibility index (Phi) is 10.6. The third kappa shape index (κ3) is 9.55. The van der Waals surface area contributed by atoms with E-state index in [1.807, 2.05) is 28.6 Å². The lowest BCUT2D eigenvalue weighted by Crippen LogP contribution is -2.44. The van der Waals surface area contributed by atoms with Gasteiger partial charge in [0.25, 0.3) is 5.91 Å². The maximum Gasteiger partial charge on any atom is 0.490 e. The molecule has 0 atom stereocenters. The largest absolute Gasteiger partial charge is 0.490 e. The summed E-state index contributed by atoms with van der Waals surface area (Å²) in [4.78, 5) is 43.3. The van der Waals surface area contributed by atoms with Gasteiger partial charge < -0.3 is 15.1 Å². The van der Waals surface area contributed by atoms with Gasteiger partial charge in [-0.1, -0.05) is 0 Å². The molecule has 210 valence electrons. The first kappa shape index (κ1) is 31.0. The van der Waals surface area contributed by atoms with Gasteiger partial charge in [-0.2, -0.15) is 26.3 Å². The van der Waals surface area contributed by atoms with Gasteiger partial charge in [0.05, 0.1) is 12.1 Å². The average molecular weight is 571 g/mol. The maximum absolute atomic E-state index is 12.5. The molecule has 2 aliphatic heterocycles. The van der Waals surface area contributed by atoms with Crippen LogP contribution in [0, 0.1) is 5.41 Å². The number of likely N-dealkylation sites (tertiary alicyclic amines) is 2. The molecular formula is C22H24F6N4O5S. The second kappa shape index (κ2) is 13.0. The second-order valence-corrected chi connectivity index (χ2v) is 9.51. The molecule has 0 saturated carbocycles. The first-order valence-corrected chi connectivity index (χ1v) is 11.9. The molecule has 2 saturated heterocycles.